The first-order valence-electron chi connectivity index (χ1n) is 6.41. The number of nitrogens with one attached hydrogen (secondary N) is 2. The molecule has 4 N–H and O–H groups in total. The average molecular weight is 374 g/mol. The van der Waals surface area contributed by atoms with Gasteiger partial charge in [-0.2, -0.15) is 8.42 Å². The van der Waals surface area contributed by atoms with Crippen molar-refractivity contribution in [1.82, 2.24) is 10.0 Å². The Bertz CT molecular complexity index is 603. The van der Waals surface area contributed by atoms with E-state index in [9.17, 15) is 12.8 Å². The van der Waals surface area contributed by atoms with E-state index in [1.807, 2.05) is 0 Å². The molecule has 22 heavy (non-hydrogen) atoms. The second kappa shape index (κ2) is 8.39. The van der Waals surface area contributed by atoms with Gasteiger partial charge < -0.3 is 10.1 Å². The van der Waals surface area contributed by atoms with Crippen molar-refractivity contribution in [3.05, 3.63) is 34.6 Å². The molecule has 1 aliphatic heterocycles. The maximum atomic E-state index is 13.3. The first-order chi connectivity index (χ1) is 9.87. The lowest BCUT2D eigenvalue weighted by Gasteiger charge is -2.25. The minimum Gasteiger partial charge on any atom is -0.372 e. The summed E-state index contributed by atoms with van der Waals surface area (Å²) in [6.45, 7) is 1.77. The van der Waals surface area contributed by atoms with E-state index in [1.54, 1.807) is 6.07 Å². The lowest BCUT2D eigenvalue weighted by molar-refractivity contribution is 0.0322. The summed E-state index contributed by atoms with van der Waals surface area (Å²) in [6, 6.07) is 4.35. The summed E-state index contributed by atoms with van der Waals surface area (Å²) in [6.07, 6.45) is -0.396. The molecule has 10 heteroatoms. The summed E-state index contributed by atoms with van der Waals surface area (Å²) >= 11 is 5.79. The molecule has 6 nitrogen and oxygen atoms in total. The Morgan fingerprint density at radius 3 is 2.86 bits per heavy atom. The normalized spacial score (nSPS) is 22.7. The lowest BCUT2D eigenvalue weighted by atomic mass is 9.95. The molecule has 0 saturated carbocycles. The van der Waals surface area contributed by atoms with Crippen LogP contribution in [0.25, 0.3) is 0 Å². The van der Waals surface area contributed by atoms with Crippen LogP contribution in [0.5, 0.6) is 0 Å². The maximum Gasteiger partial charge on any atom is 0.274 e. The smallest absolute Gasteiger partial charge is 0.274 e. The van der Waals surface area contributed by atoms with E-state index < -0.39 is 22.1 Å². The zero-order valence-electron chi connectivity index (χ0n) is 11.6. The van der Waals surface area contributed by atoms with Crippen LogP contribution in [0.1, 0.15) is 11.7 Å². The van der Waals surface area contributed by atoms with Crippen LogP contribution in [0.2, 0.25) is 5.02 Å². The van der Waals surface area contributed by atoms with Crippen molar-refractivity contribution < 1.29 is 17.5 Å². The van der Waals surface area contributed by atoms with Gasteiger partial charge in [-0.1, -0.05) is 17.7 Å². The first-order valence-corrected chi connectivity index (χ1v) is 8.34. The zero-order chi connectivity index (χ0) is 15.5. The van der Waals surface area contributed by atoms with Gasteiger partial charge in [-0.3, -0.25) is 0 Å². The fraction of sp³-hybridized carbons (Fsp3) is 0.500. The number of hydrogen-bond donors (Lipinski definition) is 3. The van der Waals surface area contributed by atoms with Crippen molar-refractivity contribution in [3.8, 4) is 0 Å². The SMILES string of the molecule is Cl.NS(=O)(=O)NCC1CNCCOC1c1ccc(F)c(Cl)c1. The molecule has 1 aromatic carbocycles. The number of ether oxygens (including phenoxy) is 1. The van der Waals surface area contributed by atoms with E-state index in [0.29, 0.717) is 25.3 Å². The second-order valence-electron chi connectivity index (χ2n) is 4.82. The molecule has 1 aromatic rings. The van der Waals surface area contributed by atoms with Gasteiger partial charge in [0.1, 0.15) is 5.82 Å². The molecule has 0 aromatic heterocycles. The van der Waals surface area contributed by atoms with Crippen LogP contribution in [-0.2, 0) is 14.9 Å². The molecule has 2 unspecified atom stereocenters. The van der Waals surface area contributed by atoms with Crippen molar-refractivity contribution in [2.45, 2.75) is 6.10 Å². The van der Waals surface area contributed by atoms with Crippen LogP contribution < -0.4 is 15.2 Å². The van der Waals surface area contributed by atoms with Gasteiger partial charge in [-0.15, -0.1) is 12.4 Å². The second-order valence-corrected chi connectivity index (χ2v) is 6.61. The van der Waals surface area contributed by atoms with Crippen molar-refractivity contribution in [2.24, 2.45) is 11.1 Å². The molecule has 1 fully saturated rings. The number of benzene rings is 1. The number of nitrogens with two attached hydrogens (primary N) is 1. The minimum absolute atomic E-state index is 0. The van der Waals surface area contributed by atoms with E-state index >= 15 is 0 Å². The molecule has 2 atom stereocenters. The molecule has 0 bridgehead atoms. The number of halogens is 3. The van der Waals surface area contributed by atoms with Gasteiger partial charge in [0.05, 0.1) is 17.7 Å². The highest BCUT2D eigenvalue weighted by Crippen LogP contribution is 2.29. The largest absolute Gasteiger partial charge is 0.372 e. The third-order valence-electron chi connectivity index (χ3n) is 3.23. The summed E-state index contributed by atoms with van der Waals surface area (Å²) in [7, 11) is -3.78. The molecule has 0 aliphatic carbocycles. The molecular weight excluding hydrogens is 356 g/mol. The lowest BCUT2D eigenvalue weighted by Crippen LogP contribution is -2.39. The van der Waals surface area contributed by atoms with Crippen LogP contribution in [0.15, 0.2) is 18.2 Å². The molecular formula is C12H18Cl2FN3O3S. The van der Waals surface area contributed by atoms with Crippen molar-refractivity contribution in [3.63, 3.8) is 0 Å². The Labute approximate surface area is 140 Å². The summed E-state index contributed by atoms with van der Waals surface area (Å²) in [5.41, 5.74) is 0.700. The molecule has 0 radical (unpaired) electrons. The molecule has 1 saturated heterocycles. The van der Waals surface area contributed by atoms with E-state index in [-0.39, 0.29) is 29.9 Å². The molecule has 2 rings (SSSR count). The van der Waals surface area contributed by atoms with E-state index in [0.717, 1.165) is 0 Å². The summed E-state index contributed by atoms with van der Waals surface area (Å²) in [5, 5.41) is 8.11. The predicted octanol–water partition coefficient (Wildman–Crippen LogP) is 0.971. The fourth-order valence-corrected chi connectivity index (χ4v) is 2.88. The Morgan fingerprint density at radius 2 is 2.23 bits per heavy atom. The average Bonchev–Trinajstić information content (AvgIpc) is 2.64. The van der Waals surface area contributed by atoms with Crippen LogP contribution in [0.3, 0.4) is 0 Å². The highest BCUT2D eigenvalue weighted by molar-refractivity contribution is 7.87. The highest BCUT2D eigenvalue weighted by atomic mass is 35.5. The molecule has 0 spiro atoms. The first kappa shape index (κ1) is 19.6. The summed E-state index contributed by atoms with van der Waals surface area (Å²) in [5.74, 6) is -0.696. The van der Waals surface area contributed by atoms with E-state index in [1.165, 1.54) is 12.1 Å². The van der Waals surface area contributed by atoms with Gasteiger partial charge in [0.2, 0.25) is 0 Å². The van der Waals surface area contributed by atoms with Crippen molar-refractivity contribution >= 4 is 34.2 Å². The monoisotopic (exact) mass is 373 g/mol. The van der Waals surface area contributed by atoms with Crippen LogP contribution in [0, 0.1) is 11.7 Å². The van der Waals surface area contributed by atoms with E-state index in [2.05, 4.69) is 10.0 Å². The Morgan fingerprint density at radius 1 is 1.50 bits per heavy atom. The minimum atomic E-state index is -3.78. The van der Waals surface area contributed by atoms with Crippen molar-refractivity contribution in [2.75, 3.05) is 26.2 Å². The van der Waals surface area contributed by atoms with Crippen LogP contribution >= 0.6 is 24.0 Å². The molecule has 1 heterocycles. The molecule has 0 amide bonds. The predicted molar refractivity (Wildman–Crippen MR) is 84.8 cm³/mol. The number of hydrogen-bond acceptors (Lipinski definition) is 4. The Balaban J connectivity index is 0.00000242. The standard InChI is InChI=1S/C12H17ClFN3O3S.ClH/c13-10-5-8(1-2-11(10)14)12-9(6-16-3-4-20-12)7-17-21(15,18)19;/h1-2,5,9,12,16-17H,3-4,6-7H2,(H2,15,18,19);1H. The topological polar surface area (TPSA) is 93.5 Å². The van der Waals surface area contributed by atoms with Gasteiger partial charge in [0.25, 0.3) is 10.2 Å². The summed E-state index contributed by atoms with van der Waals surface area (Å²) in [4.78, 5) is 0. The maximum absolute atomic E-state index is 13.3. The summed E-state index contributed by atoms with van der Waals surface area (Å²) < 4.78 is 43.3. The zero-order valence-corrected chi connectivity index (χ0v) is 14.0. The Hall–Kier alpha value is -0.480. The molecule has 1 aliphatic rings. The van der Waals surface area contributed by atoms with Crippen molar-refractivity contribution in [1.29, 1.82) is 0 Å². The quantitative estimate of drug-likeness (QED) is 0.732. The number of rotatable bonds is 4. The fourth-order valence-electron chi connectivity index (χ4n) is 2.25. The van der Waals surface area contributed by atoms with Gasteiger partial charge in [-0.05, 0) is 17.7 Å². The third-order valence-corrected chi connectivity index (χ3v) is 4.09. The Kier molecular flexibility index (Phi) is 7.47. The van der Waals surface area contributed by atoms with Crippen LogP contribution in [-0.4, -0.2) is 34.7 Å². The van der Waals surface area contributed by atoms with Gasteiger partial charge in [0, 0.05) is 25.6 Å². The third kappa shape index (κ3) is 5.62. The van der Waals surface area contributed by atoms with Crippen LogP contribution in [0.4, 0.5) is 4.39 Å². The molecule has 126 valence electrons. The van der Waals surface area contributed by atoms with Gasteiger partial charge in [-0.25, -0.2) is 14.3 Å². The van der Waals surface area contributed by atoms with E-state index in [4.69, 9.17) is 21.5 Å². The van der Waals surface area contributed by atoms with Gasteiger partial charge >= 0.3 is 0 Å². The van der Waals surface area contributed by atoms with Gasteiger partial charge in [0.15, 0.2) is 0 Å². The highest BCUT2D eigenvalue weighted by Gasteiger charge is 2.27.